The molecule has 0 bridgehead atoms. The van der Waals surface area contributed by atoms with Gasteiger partial charge in [-0.1, -0.05) is 32.9 Å². The number of sulfonamides is 1. The number of rotatable bonds is 5. The van der Waals surface area contributed by atoms with Gasteiger partial charge in [-0.3, -0.25) is 4.79 Å². The molecular weight excluding hydrogens is 300 g/mol. The summed E-state index contributed by atoms with van der Waals surface area (Å²) in [5.41, 5.74) is 1.03. The molecule has 6 heteroatoms. The van der Waals surface area contributed by atoms with Crippen LogP contribution in [0.5, 0.6) is 0 Å². The SMILES string of the molecule is CC(NS(=O)(=O)c1ccc(C(C)(C)C)cc1)C(=O)NC1CC1. The molecule has 1 aromatic carbocycles. The summed E-state index contributed by atoms with van der Waals surface area (Å²) in [5, 5.41) is 2.79. The second-order valence-corrected chi connectivity index (χ2v) is 8.61. The van der Waals surface area contributed by atoms with Crippen LogP contribution in [0.2, 0.25) is 0 Å². The Hall–Kier alpha value is -1.40. The quantitative estimate of drug-likeness (QED) is 0.869. The summed E-state index contributed by atoms with van der Waals surface area (Å²) in [6, 6.07) is 6.20. The van der Waals surface area contributed by atoms with Gasteiger partial charge in [-0.2, -0.15) is 4.72 Å². The van der Waals surface area contributed by atoms with E-state index in [2.05, 4.69) is 30.8 Å². The van der Waals surface area contributed by atoms with E-state index in [0.29, 0.717) is 0 Å². The van der Waals surface area contributed by atoms with Crippen LogP contribution in [0, 0.1) is 0 Å². The topological polar surface area (TPSA) is 75.3 Å². The first-order valence-corrected chi connectivity index (χ1v) is 9.01. The maximum Gasteiger partial charge on any atom is 0.241 e. The van der Waals surface area contributed by atoms with Crippen LogP contribution in [0.25, 0.3) is 0 Å². The molecule has 0 aliphatic heterocycles. The molecule has 1 unspecified atom stereocenters. The van der Waals surface area contributed by atoms with Crippen LogP contribution in [0.15, 0.2) is 29.2 Å². The average molecular weight is 324 g/mol. The third-order valence-corrected chi connectivity index (χ3v) is 5.24. The maximum absolute atomic E-state index is 12.3. The monoisotopic (exact) mass is 324 g/mol. The van der Waals surface area contributed by atoms with Crippen LogP contribution in [-0.2, 0) is 20.2 Å². The minimum atomic E-state index is -3.69. The zero-order valence-electron chi connectivity index (χ0n) is 13.5. The highest BCUT2D eigenvalue weighted by Crippen LogP contribution is 2.23. The Labute approximate surface area is 132 Å². The number of benzene rings is 1. The Balaban J connectivity index is 2.07. The Morgan fingerprint density at radius 1 is 1.18 bits per heavy atom. The third kappa shape index (κ3) is 4.30. The number of amides is 1. The molecule has 1 fully saturated rings. The fourth-order valence-electron chi connectivity index (χ4n) is 2.04. The lowest BCUT2D eigenvalue weighted by atomic mass is 9.87. The van der Waals surface area contributed by atoms with Gasteiger partial charge in [0, 0.05) is 6.04 Å². The Kier molecular flexibility index (Phi) is 4.63. The smallest absolute Gasteiger partial charge is 0.241 e. The second kappa shape index (κ2) is 6.01. The van der Waals surface area contributed by atoms with Gasteiger partial charge in [0.25, 0.3) is 0 Å². The normalized spacial score (nSPS) is 17.1. The number of nitrogens with one attached hydrogen (secondary N) is 2. The van der Waals surface area contributed by atoms with Crippen LogP contribution in [0.1, 0.15) is 46.1 Å². The van der Waals surface area contributed by atoms with Gasteiger partial charge in [0.05, 0.1) is 10.9 Å². The summed E-state index contributed by atoms with van der Waals surface area (Å²) in [7, 11) is -3.69. The zero-order valence-corrected chi connectivity index (χ0v) is 14.3. The molecule has 22 heavy (non-hydrogen) atoms. The molecular formula is C16H24N2O3S. The highest BCUT2D eigenvalue weighted by molar-refractivity contribution is 7.89. The van der Waals surface area contributed by atoms with Gasteiger partial charge in [-0.05, 0) is 42.9 Å². The van der Waals surface area contributed by atoms with Crippen molar-refractivity contribution in [2.75, 3.05) is 0 Å². The van der Waals surface area contributed by atoms with Crippen molar-refractivity contribution >= 4 is 15.9 Å². The molecule has 1 aliphatic rings. The molecule has 1 aliphatic carbocycles. The second-order valence-electron chi connectivity index (χ2n) is 6.90. The minimum absolute atomic E-state index is 0.0346. The van der Waals surface area contributed by atoms with Gasteiger partial charge in [0.1, 0.15) is 0 Å². The standard InChI is InChI=1S/C16H24N2O3S/c1-11(15(19)17-13-7-8-13)18-22(20,21)14-9-5-12(6-10-14)16(2,3)4/h5-6,9-11,13,18H,7-8H2,1-4H3,(H,17,19). The minimum Gasteiger partial charge on any atom is -0.352 e. The van der Waals surface area contributed by atoms with Crippen molar-refractivity contribution in [3.63, 3.8) is 0 Å². The summed E-state index contributed by atoms with van der Waals surface area (Å²) in [5.74, 6) is -0.280. The van der Waals surface area contributed by atoms with E-state index in [4.69, 9.17) is 0 Å². The first-order valence-electron chi connectivity index (χ1n) is 7.53. The molecule has 0 aromatic heterocycles. The molecule has 2 rings (SSSR count). The maximum atomic E-state index is 12.3. The molecule has 0 radical (unpaired) electrons. The van der Waals surface area contributed by atoms with Gasteiger partial charge in [0.15, 0.2) is 0 Å². The third-order valence-electron chi connectivity index (χ3n) is 3.68. The largest absolute Gasteiger partial charge is 0.352 e. The van der Waals surface area contributed by atoms with Gasteiger partial charge in [-0.15, -0.1) is 0 Å². The molecule has 5 nitrogen and oxygen atoms in total. The van der Waals surface area contributed by atoms with Gasteiger partial charge < -0.3 is 5.32 Å². The lowest BCUT2D eigenvalue weighted by Crippen LogP contribution is -2.45. The van der Waals surface area contributed by atoms with Crippen LogP contribution in [-0.4, -0.2) is 26.4 Å². The number of hydrogen-bond donors (Lipinski definition) is 2. The molecule has 0 spiro atoms. The predicted molar refractivity (Wildman–Crippen MR) is 86.1 cm³/mol. The average Bonchev–Trinajstić information content (AvgIpc) is 3.21. The number of hydrogen-bond acceptors (Lipinski definition) is 3. The summed E-state index contributed by atoms with van der Waals surface area (Å²) in [4.78, 5) is 12.0. The fraction of sp³-hybridized carbons (Fsp3) is 0.562. The molecule has 0 saturated heterocycles. The first kappa shape index (κ1) is 17.0. The molecule has 1 aromatic rings. The van der Waals surface area contributed by atoms with E-state index in [-0.39, 0.29) is 22.3 Å². The molecule has 1 saturated carbocycles. The van der Waals surface area contributed by atoms with Crippen molar-refractivity contribution < 1.29 is 13.2 Å². The predicted octanol–water partition coefficient (Wildman–Crippen LogP) is 1.93. The van der Waals surface area contributed by atoms with Crippen LogP contribution >= 0.6 is 0 Å². The van der Waals surface area contributed by atoms with E-state index in [1.807, 2.05) is 12.1 Å². The number of carbonyl (C=O) groups excluding carboxylic acids is 1. The van der Waals surface area contributed by atoms with Gasteiger partial charge in [-0.25, -0.2) is 8.42 Å². The Morgan fingerprint density at radius 3 is 2.18 bits per heavy atom. The molecule has 2 N–H and O–H groups in total. The molecule has 0 heterocycles. The lowest BCUT2D eigenvalue weighted by Gasteiger charge is -2.19. The lowest BCUT2D eigenvalue weighted by molar-refractivity contribution is -0.122. The van der Waals surface area contributed by atoms with Crippen molar-refractivity contribution in [3.05, 3.63) is 29.8 Å². The highest BCUT2D eigenvalue weighted by atomic mass is 32.2. The van der Waals surface area contributed by atoms with E-state index in [1.165, 1.54) is 0 Å². The van der Waals surface area contributed by atoms with Crippen molar-refractivity contribution in [3.8, 4) is 0 Å². The van der Waals surface area contributed by atoms with Gasteiger partial charge in [0.2, 0.25) is 15.9 Å². The molecule has 1 atom stereocenters. The van der Waals surface area contributed by atoms with Gasteiger partial charge >= 0.3 is 0 Å². The fourth-order valence-corrected chi connectivity index (χ4v) is 3.25. The number of carbonyl (C=O) groups is 1. The molecule has 1 amide bonds. The van der Waals surface area contributed by atoms with Crippen molar-refractivity contribution in [1.29, 1.82) is 0 Å². The van der Waals surface area contributed by atoms with Crippen LogP contribution in [0.4, 0.5) is 0 Å². The summed E-state index contributed by atoms with van der Waals surface area (Å²) in [6.07, 6.45) is 1.94. The Morgan fingerprint density at radius 2 is 1.73 bits per heavy atom. The van der Waals surface area contributed by atoms with E-state index in [1.54, 1.807) is 19.1 Å². The summed E-state index contributed by atoms with van der Waals surface area (Å²) in [6.45, 7) is 7.76. The van der Waals surface area contributed by atoms with E-state index in [0.717, 1.165) is 18.4 Å². The first-order chi connectivity index (χ1) is 10.1. The molecule has 122 valence electrons. The van der Waals surface area contributed by atoms with Crippen molar-refractivity contribution in [2.24, 2.45) is 0 Å². The van der Waals surface area contributed by atoms with E-state index >= 15 is 0 Å². The highest BCUT2D eigenvalue weighted by Gasteiger charge is 2.28. The zero-order chi connectivity index (χ0) is 16.5. The van der Waals surface area contributed by atoms with E-state index in [9.17, 15) is 13.2 Å². The summed E-state index contributed by atoms with van der Waals surface area (Å²) >= 11 is 0. The van der Waals surface area contributed by atoms with Crippen LogP contribution < -0.4 is 10.0 Å². The van der Waals surface area contributed by atoms with E-state index < -0.39 is 16.1 Å². The van der Waals surface area contributed by atoms with Crippen molar-refractivity contribution in [2.45, 2.75) is 62.9 Å². The van der Waals surface area contributed by atoms with Crippen molar-refractivity contribution in [1.82, 2.24) is 10.0 Å². The van der Waals surface area contributed by atoms with Crippen LogP contribution in [0.3, 0.4) is 0 Å². The summed E-state index contributed by atoms with van der Waals surface area (Å²) < 4.78 is 27.1. The Bertz CT molecular complexity index is 641.